The van der Waals surface area contributed by atoms with Crippen LogP contribution in [0.3, 0.4) is 0 Å². The third-order valence-electron chi connectivity index (χ3n) is 1.32. The molecule has 0 aromatic heterocycles. The van der Waals surface area contributed by atoms with E-state index in [-0.39, 0.29) is 5.75 Å². The third kappa shape index (κ3) is 3.06. The molecule has 1 nitrogen and oxygen atoms in total. The van der Waals surface area contributed by atoms with Gasteiger partial charge in [0.05, 0.1) is 0 Å². The highest BCUT2D eigenvalue weighted by Gasteiger charge is 2.41. The highest BCUT2D eigenvalue weighted by molar-refractivity contribution is 9.10. The van der Waals surface area contributed by atoms with Crippen molar-refractivity contribution in [2.45, 2.75) is 11.7 Å². The molecule has 0 fully saturated rings. The Morgan fingerprint density at radius 2 is 1.79 bits per heavy atom. The monoisotopic (exact) mass is 288 g/mol. The second-order valence-corrected chi connectivity index (χ2v) is 3.72. The summed E-state index contributed by atoms with van der Waals surface area (Å²) in [5.74, 6) is -0.151. The Morgan fingerprint density at radius 1 is 1.29 bits per heavy atom. The number of benzene rings is 1. The fourth-order valence-electron chi connectivity index (χ4n) is 0.704. The van der Waals surface area contributed by atoms with Crippen LogP contribution in [0.4, 0.5) is 13.2 Å². The number of hydrogen-bond acceptors (Lipinski definition) is 1. The molecule has 6 heteroatoms. The summed E-state index contributed by atoms with van der Waals surface area (Å²) in [6.45, 7) is 0. The summed E-state index contributed by atoms with van der Waals surface area (Å²) < 4.78 is 42.1. The molecule has 1 atom stereocenters. The van der Waals surface area contributed by atoms with Gasteiger partial charge in [-0.1, -0.05) is 27.5 Å². The van der Waals surface area contributed by atoms with E-state index >= 15 is 0 Å². The van der Waals surface area contributed by atoms with Crippen molar-refractivity contribution in [3.63, 3.8) is 0 Å². The van der Waals surface area contributed by atoms with Crippen molar-refractivity contribution in [2.24, 2.45) is 0 Å². The minimum atomic E-state index is -4.02. The molecule has 1 aromatic rings. The standard InChI is InChI=1S/C8H5BrClF3O/c9-5-1-3-6(4-2-5)14-8(12,13)7(10)11/h1-4,7H. The van der Waals surface area contributed by atoms with Gasteiger partial charge in [0.2, 0.25) is 0 Å². The van der Waals surface area contributed by atoms with Crippen molar-refractivity contribution in [3.05, 3.63) is 28.7 Å². The van der Waals surface area contributed by atoms with E-state index in [4.69, 9.17) is 0 Å². The van der Waals surface area contributed by atoms with Gasteiger partial charge in [-0.25, -0.2) is 4.39 Å². The van der Waals surface area contributed by atoms with Crippen LogP contribution in [0.25, 0.3) is 0 Å². The van der Waals surface area contributed by atoms with Crippen LogP contribution in [0, 0.1) is 0 Å². The van der Waals surface area contributed by atoms with Crippen LogP contribution in [-0.2, 0) is 0 Å². The van der Waals surface area contributed by atoms with E-state index in [1.165, 1.54) is 24.3 Å². The van der Waals surface area contributed by atoms with E-state index in [2.05, 4.69) is 32.3 Å². The van der Waals surface area contributed by atoms with Gasteiger partial charge in [-0.3, -0.25) is 0 Å². The molecule has 0 N–H and O–H groups in total. The normalized spacial score (nSPS) is 13.8. The largest absolute Gasteiger partial charge is 0.444 e. The van der Waals surface area contributed by atoms with Gasteiger partial charge in [0, 0.05) is 4.47 Å². The second-order valence-electron chi connectivity index (χ2n) is 2.42. The van der Waals surface area contributed by atoms with Gasteiger partial charge in [-0.05, 0) is 24.3 Å². The molecule has 0 aliphatic heterocycles. The van der Waals surface area contributed by atoms with Crippen LogP contribution < -0.4 is 4.74 Å². The van der Waals surface area contributed by atoms with Crippen LogP contribution in [-0.4, -0.2) is 11.7 Å². The van der Waals surface area contributed by atoms with Crippen molar-refractivity contribution in [1.82, 2.24) is 0 Å². The average molecular weight is 289 g/mol. The molecule has 0 aliphatic carbocycles. The fraction of sp³-hybridized carbons (Fsp3) is 0.250. The SMILES string of the molecule is FC(Cl)C(F)(F)Oc1ccc(Br)cc1. The maximum absolute atomic E-state index is 12.6. The quantitative estimate of drug-likeness (QED) is 0.766. The molecule has 0 spiro atoms. The molecule has 0 saturated carbocycles. The highest BCUT2D eigenvalue weighted by atomic mass is 79.9. The van der Waals surface area contributed by atoms with Crippen molar-refractivity contribution in [3.8, 4) is 5.75 Å². The zero-order chi connectivity index (χ0) is 10.8. The molecule has 0 saturated heterocycles. The Hall–Kier alpha value is -0.420. The maximum Gasteiger partial charge on any atom is 0.444 e. The second kappa shape index (κ2) is 4.40. The number of halogens is 5. The van der Waals surface area contributed by atoms with Crippen LogP contribution in [0.5, 0.6) is 5.75 Å². The lowest BCUT2D eigenvalue weighted by Gasteiger charge is -2.17. The van der Waals surface area contributed by atoms with Gasteiger partial charge in [0.25, 0.3) is 5.63 Å². The van der Waals surface area contributed by atoms with Crippen LogP contribution >= 0.6 is 27.5 Å². The molecule has 1 rings (SSSR count). The van der Waals surface area contributed by atoms with Crippen LogP contribution in [0.2, 0.25) is 0 Å². The molecule has 1 unspecified atom stereocenters. The summed E-state index contributed by atoms with van der Waals surface area (Å²) in [6, 6.07) is 5.54. The molecular formula is C8H5BrClF3O. The van der Waals surface area contributed by atoms with E-state index < -0.39 is 11.7 Å². The van der Waals surface area contributed by atoms with Gasteiger partial charge < -0.3 is 4.74 Å². The van der Waals surface area contributed by atoms with Gasteiger partial charge in [-0.15, -0.1) is 0 Å². The maximum atomic E-state index is 12.6. The Bertz CT molecular complexity index is 302. The predicted molar refractivity (Wildman–Crippen MR) is 50.5 cm³/mol. The fourth-order valence-corrected chi connectivity index (χ4v) is 1.01. The Kier molecular flexibility index (Phi) is 3.66. The molecule has 0 heterocycles. The molecule has 0 radical (unpaired) electrons. The number of hydrogen-bond donors (Lipinski definition) is 0. The van der Waals surface area contributed by atoms with E-state index in [0.29, 0.717) is 4.47 Å². The van der Waals surface area contributed by atoms with Crippen LogP contribution in [0.15, 0.2) is 28.7 Å². The minimum absolute atomic E-state index is 0.151. The third-order valence-corrected chi connectivity index (χ3v) is 2.10. The van der Waals surface area contributed by atoms with Gasteiger partial charge in [0.1, 0.15) is 5.75 Å². The number of ether oxygens (including phenoxy) is 1. The molecule has 78 valence electrons. The Balaban J connectivity index is 2.74. The zero-order valence-electron chi connectivity index (χ0n) is 6.68. The number of rotatable bonds is 3. The van der Waals surface area contributed by atoms with E-state index in [1.807, 2.05) is 0 Å². The Morgan fingerprint density at radius 3 is 2.21 bits per heavy atom. The van der Waals surface area contributed by atoms with Gasteiger partial charge in [-0.2, -0.15) is 8.78 Å². The van der Waals surface area contributed by atoms with Crippen molar-refractivity contribution in [2.75, 3.05) is 0 Å². The highest BCUT2D eigenvalue weighted by Crippen LogP contribution is 2.29. The van der Waals surface area contributed by atoms with Crippen molar-refractivity contribution in [1.29, 1.82) is 0 Å². The summed E-state index contributed by atoms with van der Waals surface area (Å²) in [5, 5.41) is 0. The molecule has 14 heavy (non-hydrogen) atoms. The lowest BCUT2D eigenvalue weighted by Crippen LogP contribution is -2.32. The summed E-state index contributed by atoms with van der Waals surface area (Å²) in [7, 11) is 0. The molecule has 0 aliphatic rings. The smallest absolute Gasteiger partial charge is 0.429 e. The summed E-state index contributed by atoms with van der Waals surface area (Å²) in [5.41, 5.74) is -2.87. The van der Waals surface area contributed by atoms with Crippen LogP contribution in [0.1, 0.15) is 0 Å². The van der Waals surface area contributed by atoms with Gasteiger partial charge >= 0.3 is 6.11 Å². The average Bonchev–Trinajstić information content (AvgIpc) is 2.08. The van der Waals surface area contributed by atoms with Crippen molar-refractivity contribution >= 4 is 27.5 Å². The predicted octanol–water partition coefficient (Wildman–Crippen LogP) is 3.96. The van der Waals surface area contributed by atoms with E-state index in [0.717, 1.165) is 0 Å². The van der Waals surface area contributed by atoms with E-state index in [1.54, 1.807) is 0 Å². The summed E-state index contributed by atoms with van der Waals surface area (Å²) in [6.07, 6.45) is -4.02. The first-order valence-corrected chi connectivity index (χ1v) is 4.75. The molecule has 1 aromatic carbocycles. The first kappa shape index (κ1) is 11.7. The van der Waals surface area contributed by atoms with Gasteiger partial charge in [0.15, 0.2) is 0 Å². The Labute approximate surface area is 91.9 Å². The summed E-state index contributed by atoms with van der Waals surface area (Å²) >= 11 is 7.71. The first-order chi connectivity index (χ1) is 6.42. The lowest BCUT2D eigenvalue weighted by molar-refractivity contribution is -0.199. The molecule has 0 amide bonds. The summed E-state index contributed by atoms with van der Waals surface area (Å²) in [4.78, 5) is 0. The minimum Gasteiger partial charge on any atom is -0.429 e. The van der Waals surface area contributed by atoms with Crippen molar-refractivity contribution < 1.29 is 17.9 Å². The first-order valence-electron chi connectivity index (χ1n) is 3.52. The lowest BCUT2D eigenvalue weighted by atomic mass is 10.3. The molecular weight excluding hydrogens is 284 g/mol. The zero-order valence-corrected chi connectivity index (χ0v) is 9.03. The molecule has 0 bridgehead atoms. The number of alkyl halides is 4. The van der Waals surface area contributed by atoms with E-state index in [9.17, 15) is 13.2 Å². The topological polar surface area (TPSA) is 9.23 Å².